The van der Waals surface area contributed by atoms with Crippen LogP contribution in [0.15, 0.2) is 54.6 Å². The van der Waals surface area contributed by atoms with Crippen LogP contribution in [-0.4, -0.2) is 35.2 Å². The summed E-state index contributed by atoms with van der Waals surface area (Å²) in [4.78, 5) is 24.1. The lowest BCUT2D eigenvalue weighted by Crippen LogP contribution is -2.53. The molecule has 2 unspecified atom stereocenters. The molecular formula is C19H19NO5. The van der Waals surface area contributed by atoms with Crippen LogP contribution in [0.3, 0.4) is 0 Å². The van der Waals surface area contributed by atoms with Crippen molar-refractivity contribution >= 4 is 11.9 Å². The maximum Gasteiger partial charge on any atom is 0.326 e. The van der Waals surface area contributed by atoms with Gasteiger partial charge in [-0.25, -0.2) is 4.79 Å². The summed E-state index contributed by atoms with van der Waals surface area (Å²) in [5.74, 6) is -0.568. The monoisotopic (exact) mass is 341 g/mol. The summed E-state index contributed by atoms with van der Waals surface area (Å²) in [5.41, 5.74) is 0.828. The molecule has 6 nitrogen and oxygen atoms in total. The molecule has 1 aliphatic heterocycles. The van der Waals surface area contributed by atoms with Gasteiger partial charge in [-0.15, -0.1) is 0 Å². The summed E-state index contributed by atoms with van der Waals surface area (Å²) in [6, 6.07) is 15.2. The van der Waals surface area contributed by atoms with Gasteiger partial charge in [0.1, 0.15) is 12.1 Å². The molecule has 0 bridgehead atoms. The van der Waals surface area contributed by atoms with E-state index in [4.69, 9.17) is 9.47 Å². The lowest BCUT2D eigenvalue weighted by molar-refractivity contribution is -0.144. The Bertz CT molecular complexity index is 761. The van der Waals surface area contributed by atoms with Gasteiger partial charge in [0, 0.05) is 6.42 Å². The van der Waals surface area contributed by atoms with E-state index in [1.54, 1.807) is 25.1 Å². The zero-order valence-electron chi connectivity index (χ0n) is 13.7. The lowest BCUT2D eigenvalue weighted by Gasteiger charge is -2.31. The highest BCUT2D eigenvalue weighted by Crippen LogP contribution is 2.33. The summed E-state index contributed by atoms with van der Waals surface area (Å²) < 4.78 is 11.4. The van der Waals surface area contributed by atoms with Crippen LogP contribution in [0.4, 0.5) is 0 Å². The Morgan fingerprint density at radius 2 is 1.64 bits per heavy atom. The van der Waals surface area contributed by atoms with Crippen LogP contribution in [0.25, 0.3) is 0 Å². The first kappa shape index (κ1) is 16.8. The predicted molar refractivity (Wildman–Crippen MR) is 90.7 cm³/mol. The first-order chi connectivity index (χ1) is 12.0. The van der Waals surface area contributed by atoms with Gasteiger partial charge in [0.2, 0.25) is 6.10 Å². The highest BCUT2D eigenvalue weighted by Gasteiger charge is 2.36. The minimum absolute atomic E-state index is 0.195. The van der Waals surface area contributed by atoms with Crippen molar-refractivity contribution < 1.29 is 24.2 Å². The summed E-state index contributed by atoms with van der Waals surface area (Å²) in [5, 5.41) is 12.0. The number of ether oxygens (including phenoxy) is 2. The standard InChI is InChI=1S/C19H19NO5/c1-12-17(25-16-10-6-5-9-15(16)24-12)18(21)20-14(19(22)23)11-13-7-3-2-4-8-13/h2-10,12,14,17H,11H2,1H3,(H,20,21)(H,22,23)/t12?,14-,17?/m0/s1. The van der Waals surface area contributed by atoms with Crippen LogP contribution in [-0.2, 0) is 16.0 Å². The van der Waals surface area contributed by atoms with Crippen molar-refractivity contribution in [3.05, 3.63) is 60.2 Å². The number of hydrogen-bond donors (Lipinski definition) is 2. The number of rotatable bonds is 5. The van der Waals surface area contributed by atoms with E-state index in [2.05, 4.69) is 5.32 Å². The normalized spacial score (nSPS) is 19.7. The number of fused-ring (bicyclic) bond motifs is 1. The average molecular weight is 341 g/mol. The first-order valence-electron chi connectivity index (χ1n) is 8.04. The molecule has 3 atom stereocenters. The lowest BCUT2D eigenvalue weighted by atomic mass is 10.1. The molecule has 2 aromatic rings. The van der Waals surface area contributed by atoms with E-state index in [0.717, 1.165) is 5.56 Å². The number of amides is 1. The average Bonchev–Trinajstić information content (AvgIpc) is 2.61. The number of carboxylic acids is 1. The largest absolute Gasteiger partial charge is 0.482 e. The molecule has 2 N–H and O–H groups in total. The maximum atomic E-state index is 12.5. The van der Waals surface area contributed by atoms with Crippen molar-refractivity contribution in [1.82, 2.24) is 5.32 Å². The maximum absolute atomic E-state index is 12.5. The Morgan fingerprint density at radius 1 is 1.04 bits per heavy atom. The summed E-state index contributed by atoms with van der Waals surface area (Å²) in [6.07, 6.45) is -1.24. The first-order valence-corrected chi connectivity index (χ1v) is 8.04. The fourth-order valence-corrected chi connectivity index (χ4v) is 2.71. The minimum atomic E-state index is -1.10. The predicted octanol–water partition coefficient (Wildman–Crippen LogP) is 2.03. The zero-order chi connectivity index (χ0) is 17.8. The highest BCUT2D eigenvalue weighted by molar-refractivity contribution is 5.87. The van der Waals surface area contributed by atoms with Crippen molar-refractivity contribution in [3.63, 3.8) is 0 Å². The Labute approximate surface area is 145 Å². The van der Waals surface area contributed by atoms with Crippen LogP contribution in [0.1, 0.15) is 12.5 Å². The number of aliphatic carboxylic acids is 1. The molecule has 25 heavy (non-hydrogen) atoms. The van der Waals surface area contributed by atoms with Crippen LogP contribution in [0.5, 0.6) is 11.5 Å². The molecule has 0 spiro atoms. The van der Waals surface area contributed by atoms with Crippen molar-refractivity contribution in [1.29, 1.82) is 0 Å². The van der Waals surface area contributed by atoms with Crippen molar-refractivity contribution in [2.75, 3.05) is 0 Å². The molecule has 130 valence electrons. The third kappa shape index (κ3) is 3.91. The Kier molecular flexibility index (Phi) is 4.88. The highest BCUT2D eigenvalue weighted by atomic mass is 16.6. The Morgan fingerprint density at radius 3 is 2.28 bits per heavy atom. The molecule has 2 aromatic carbocycles. The molecule has 1 heterocycles. The van der Waals surface area contributed by atoms with Gasteiger partial charge in [-0.1, -0.05) is 42.5 Å². The van der Waals surface area contributed by atoms with Crippen LogP contribution < -0.4 is 14.8 Å². The summed E-state index contributed by atoms with van der Waals surface area (Å²) in [6.45, 7) is 1.72. The molecule has 0 aromatic heterocycles. The topological polar surface area (TPSA) is 84.9 Å². The third-order valence-electron chi connectivity index (χ3n) is 4.00. The third-order valence-corrected chi connectivity index (χ3v) is 4.00. The SMILES string of the molecule is CC1Oc2ccccc2OC1C(=O)N[C@@H](Cc1ccccc1)C(=O)O. The number of benzene rings is 2. The van der Waals surface area contributed by atoms with Gasteiger partial charge < -0.3 is 19.9 Å². The van der Waals surface area contributed by atoms with E-state index in [-0.39, 0.29) is 6.42 Å². The number of para-hydroxylation sites is 2. The van der Waals surface area contributed by atoms with Gasteiger partial charge in [0.25, 0.3) is 5.91 Å². The molecule has 0 aliphatic carbocycles. The van der Waals surface area contributed by atoms with Gasteiger partial charge in [-0.05, 0) is 24.6 Å². The quantitative estimate of drug-likeness (QED) is 0.869. The van der Waals surface area contributed by atoms with Gasteiger partial charge in [0.15, 0.2) is 11.5 Å². The van der Waals surface area contributed by atoms with E-state index in [0.29, 0.717) is 11.5 Å². The van der Waals surface area contributed by atoms with Crippen molar-refractivity contribution in [2.45, 2.75) is 31.6 Å². The van der Waals surface area contributed by atoms with E-state index in [1.807, 2.05) is 36.4 Å². The van der Waals surface area contributed by atoms with E-state index >= 15 is 0 Å². The molecule has 6 heteroatoms. The Balaban J connectivity index is 1.70. The van der Waals surface area contributed by atoms with Crippen LogP contribution in [0.2, 0.25) is 0 Å². The number of hydrogen-bond acceptors (Lipinski definition) is 4. The summed E-state index contributed by atoms with van der Waals surface area (Å²) >= 11 is 0. The number of carboxylic acid groups (broad SMARTS) is 1. The van der Waals surface area contributed by atoms with Gasteiger partial charge in [-0.2, -0.15) is 0 Å². The van der Waals surface area contributed by atoms with E-state index < -0.39 is 30.1 Å². The van der Waals surface area contributed by atoms with Gasteiger partial charge in [0.05, 0.1) is 0 Å². The molecule has 0 saturated carbocycles. The van der Waals surface area contributed by atoms with Crippen molar-refractivity contribution in [3.8, 4) is 11.5 Å². The van der Waals surface area contributed by atoms with E-state index in [9.17, 15) is 14.7 Å². The molecule has 0 radical (unpaired) electrons. The fourth-order valence-electron chi connectivity index (χ4n) is 2.71. The second kappa shape index (κ2) is 7.25. The molecule has 0 fully saturated rings. The number of carbonyl (C=O) groups excluding carboxylic acids is 1. The fraction of sp³-hybridized carbons (Fsp3) is 0.263. The molecule has 0 saturated heterocycles. The summed E-state index contributed by atoms with van der Waals surface area (Å²) in [7, 11) is 0. The molecule has 1 aliphatic rings. The smallest absolute Gasteiger partial charge is 0.326 e. The minimum Gasteiger partial charge on any atom is -0.482 e. The van der Waals surface area contributed by atoms with Gasteiger partial charge >= 0.3 is 5.97 Å². The second-order valence-electron chi connectivity index (χ2n) is 5.90. The van der Waals surface area contributed by atoms with Crippen LogP contribution in [0, 0.1) is 0 Å². The van der Waals surface area contributed by atoms with E-state index in [1.165, 1.54) is 0 Å². The zero-order valence-corrected chi connectivity index (χ0v) is 13.7. The molecular weight excluding hydrogens is 322 g/mol. The second-order valence-corrected chi connectivity index (χ2v) is 5.90. The van der Waals surface area contributed by atoms with Crippen LogP contribution >= 0.6 is 0 Å². The number of nitrogens with one attached hydrogen (secondary N) is 1. The Hall–Kier alpha value is -3.02. The van der Waals surface area contributed by atoms with Crippen molar-refractivity contribution in [2.24, 2.45) is 0 Å². The van der Waals surface area contributed by atoms with Gasteiger partial charge in [-0.3, -0.25) is 4.79 Å². The molecule has 1 amide bonds. The number of carbonyl (C=O) groups is 2. The molecule has 3 rings (SSSR count).